The van der Waals surface area contributed by atoms with Gasteiger partial charge in [0.15, 0.2) is 12.0 Å². The van der Waals surface area contributed by atoms with Gasteiger partial charge in [-0.1, -0.05) is 6.07 Å². The molecule has 0 spiro atoms. The lowest BCUT2D eigenvalue weighted by molar-refractivity contribution is 0.602. The van der Waals surface area contributed by atoms with Crippen LogP contribution in [-0.2, 0) is 7.05 Å². The summed E-state index contributed by atoms with van der Waals surface area (Å²) >= 11 is 3.48. The molecule has 5 heteroatoms. The second-order valence-corrected chi connectivity index (χ2v) is 4.64. The Balaban J connectivity index is 2.26. The van der Waals surface area contributed by atoms with E-state index in [1.54, 1.807) is 0 Å². The van der Waals surface area contributed by atoms with Crippen LogP contribution in [0, 0.1) is 6.92 Å². The van der Waals surface area contributed by atoms with Crippen LogP contribution in [-0.4, -0.2) is 14.5 Å². The number of nitrogens with zero attached hydrogens (tertiary/aromatic N) is 3. The molecule has 0 saturated heterocycles. The van der Waals surface area contributed by atoms with Gasteiger partial charge < -0.3 is 8.98 Å². The Kier molecular flexibility index (Phi) is 2.29. The van der Waals surface area contributed by atoms with Crippen LogP contribution in [0.1, 0.15) is 5.82 Å². The molecule has 0 aliphatic heterocycles. The molecule has 0 bridgehead atoms. The molecule has 0 aliphatic carbocycles. The maximum Gasteiger partial charge on any atom is 0.181 e. The van der Waals surface area contributed by atoms with E-state index in [9.17, 15) is 0 Å². The van der Waals surface area contributed by atoms with Gasteiger partial charge in [0.1, 0.15) is 15.9 Å². The molecule has 0 aliphatic rings. The van der Waals surface area contributed by atoms with Crippen molar-refractivity contribution in [3.8, 4) is 11.3 Å². The second-order valence-electron chi connectivity index (χ2n) is 3.89. The number of imidazole rings is 1. The second kappa shape index (κ2) is 3.70. The summed E-state index contributed by atoms with van der Waals surface area (Å²) in [6.45, 7) is 1.97. The molecule has 0 saturated carbocycles. The summed E-state index contributed by atoms with van der Waals surface area (Å²) in [5, 5.41) is 0. The summed E-state index contributed by atoms with van der Waals surface area (Å²) in [6, 6.07) is 5.94. The van der Waals surface area contributed by atoms with E-state index < -0.39 is 0 Å². The molecule has 0 radical (unpaired) electrons. The molecule has 2 aromatic heterocycles. The summed E-state index contributed by atoms with van der Waals surface area (Å²) in [7, 11) is 1.99. The standard InChI is InChI=1S/C12H10BrN3O/c1-7-15-12(13)11(16(7)2)8-3-4-9-10(5-8)17-6-14-9/h3-6H,1-2H3. The van der Waals surface area contributed by atoms with Crippen molar-refractivity contribution in [2.75, 3.05) is 0 Å². The summed E-state index contributed by atoms with van der Waals surface area (Å²) < 4.78 is 8.20. The minimum Gasteiger partial charge on any atom is -0.443 e. The van der Waals surface area contributed by atoms with Crippen LogP contribution in [0.4, 0.5) is 0 Å². The number of aromatic nitrogens is 3. The predicted octanol–water partition coefficient (Wildman–Crippen LogP) is 3.30. The molecule has 0 unspecified atom stereocenters. The normalized spacial score (nSPS) is 11.2. The molecular weight excluding hydrogens is 282 g/mol. The Bertz CT molecular complexity index is 699. The molecule has 4 nitrogen and oxygen atoms in total. The van der Waals surface area contributed by atoms with Crippen LogP contribution in [0.25, 0.3) is 22.4 Å². The number of hydrogen-bond donors (Lipinski definition) is 0. The van der Waals surface area contributed by atoms with Crippen molar-refractivity contribution in [3.05, 3.63) is 35.0 Å². The number of aryl methyl sites for hydroxylation is 1. The van der Waals surface area contributed by atoms with Gasteiger partial charge in [-0.15, -0.1) is 0 Å². The Morgan fingerprint density at radius 2 is 2.18 bits per heavy atom. The van der Waals surface area contributed by atoms with Gasteiger partial charge in [0.05, 0.1) is 5.69 Å². The van der Waals surface area contributed by atoms with E-state index in [1.807, 2.05) is 36.7 Å². The van der Waals surface area contributed by atoms with E-state index in [1.165, 1.54) is 6.39 Å². The van der Waals surface area contributed by atoms with Crippen LogP contribution >= 0.6 is 15.9 Å². The highest BCUT2D eigenvalue weighted by molar-refractivity contribution is 9.10. The first-order chi connectivity index (χ1) is 8.16. The first-order valence-electron chi connectivity index (χ1n) is 5.19. The molecule has 2 heterocycles. The van der Waals surface area contributed by atoms with Crippen molar-refractivity contribution in [1.82, 2.24) is 14.5 Å². The molecule has 0 N–H and O–H groups in total. The fourth-order valence-electron chi connectivity index (χ4n) is 1.89. The van der Waals surface area contributed by atoms with Gasteiger partial charge in [0.25, 0.3) is 0 Å². The lowest BCUT2D eigenvalue weighted by Crippen LogP contribution is -1.94. The number of benzene rings is 1. The average Bonchev–Trinajstić information content (AvgIpc) is 2.84. The van der Waals surface area contributed by atoms with E-state index in [2.05, 4.69) is 25.9 Å². The first kappa shape index (κ1) is 10.5. The highest BCUT2D eigenvalue weighted by Gasteiger charge is 2.13. The fourth-order valence-corrected chi connectivity index (χ4v) is 2.64. The summed E-state index contributed by atoms with van der Waals surface area (Å²) in [5.41, 5.74) is 3.75. The van der Waals surface area contributed by atoms with Gasteiger partial charge in [-0.2, -0.15) is 0 Å². The maximum absolute atomic E-state index is 5.31. The highest BCUT2D eigenvalue weighted by Crippen LogP contribution is 2.30. The predicted molar refractivity (Wildman–Crippen MR) is 68.6 cm³/mol. The van der Waals surface area contributed by atoms with Crippen molar-refractivity contribution >= 4 is 27.0 Å². The van der Waals surface area contributed by atoms with Crippen molar-refractivity contribution in [2.24, 2.45) is 7.05 Å². The van der Waals surface area contributed by atoms with Gasteiger partial charge in [0, 0.05) is 12.6 Å². The van der Waals surface area contributed by atoms with Crippen LogP contribution in [0.2, 0.25) is 0 Å². The average molecular weight is 292 g/mol. The SMILES string of the molecule is Cc1nc(Br)c(-c2ccc3ncoc3c2)n1C. The van der Waals surface area contributed by atoms with Gasteiger partial charge in [-0.05, 0) is 35.0 Å². The van der Waals surface area contributed by atoms with Gasteiger partial charge in [-0.25, -0.2) is 9.97 Å². The molecular formula is C12H10BrN3O. The molecule has 86 valence electrons. The zero-order valence-electron chi connectivity index (χ0n) is 9.44. The third-order valence-corrected chi connectivity index (χ3v) is 3.43. The molecule has 0 atom stereocenters. The lowest BCUT2D eigenvalue weighted by Gasteiger charge is -2.04. The highest BCUT2D eigenvalue weighted by atomic mass is 79.9. The lowest BCUT2D eigenvalue weighted by atomic mass is 10.1. The third kappa shape index (κ3) is 1.58. The molecule has 17 heavy (non-hydrogen) atoms. The smallest absolute Gasteiger partial charge is 0.181 e. The van der Waals surface area contributed by atoms with Crippen LogP contribution in [0.15, 0.2) is 33.6 Å². The zero-order chi connectivity index (χ0) is 12.0. The fraction of sp³-hybridized carbons (Fsp3) is 0.167. The van der Waals surface area contributed by atoms with Crippen molar-refractivity contribution in [3.63, 3.8) is 0 Å². The Morgan fingerprint density at radius 3 is 2.88 bits per heavy atom. The number of fused-ring (bicyclic) bond motifs is 1. The number of halogens is 1. The van der Waals surface area contributed by atoms with Gasteiger partial charge in [0.2, 0.25) is 0 Å². The number of rotatable bonds is 1. The summed E-state index contributed by atoms with van der Waals surface area (Å²) in [6.07, 6.45) is 1.46. The first-order valence-corrected chi connectivity index (χ1v) is 5.98. The number of oxazole rings is 1. The molecule has 0 amide bonds. The van der Waals surface area contributed by atoms with E-state index in [0.29, 0.717) is 0 Å². The van der Waals surface area contributed by atoms with Gasteiger partial charge >= 0.3 is 0 Å². The monoisotopic (exact) mass is 291 g/mol. The molecule has 0 fully saturated rings. The van der Waals surface area contributed by atoms with Crippen LogP contribution < -0.4 is 0 Å². The maximum atomic E-state index is 5.31. The Hall–Kier alpha value is -1.62. The van der Waals surface area contributed by atoms with Crippen molar-refractivity contribution < 1.29 is 4.42 Å². The van der Waals surface area contributed by atoms with Crippen LogP contribution in [0.3, 0.4) is 0 Å². The zero-order valence-corrected chi connectivity index (χ0v) is 11.0. The van der Waals surface area contributed by atoms with E-state index in [4.69, 9.17) is 4.42 Å². The summed E-state index contributed by atoms with van der Waals surface area (Å²) in [5.74, 6) is 0.963. The van der Waals surface area contributed by atoms with E-state index >= 15 is 0 Å². The van der Waals surface area contributed by atoms with Crippen molar-refractivity contribution in [2.45, 2.75) is 6.92 Å². The van der Waals surface area contributed by atoms with Crippen LogP contribution in [0.5, 0.6) is 0 Å². The molecule has 3 rings (SSSR count). The minimum atomic E-state index is 0.785. The minimum absolute atomic E-state index is 0.785. The third-order valence-electron chi connectivity index (χ3n) is 2.88. The molecule has 3 aromatic rings. The largest absolute Gasteiger partial charge is 0.443 e. The topological polar surface area (TPSA) is 43.9 Å². The van der Waals surface area contributed by atoms with E-state index in [-0.39, 0.29) is 0 Å². The Morgan fingerprint density at radius 1 is 1.35 bits per heavy atom. The summed E-state index contributed by atoms with van der Waals surface area (Å²) in [4.78, 5) is 8.49. The van der Waals surface area contributed by atoms with Crippen molar-refractivity contribution in [1.29, 1.82) is 0 Å². The quantitative estimate of drug-likeness (QED) is 0.691. The van der Waals surface area contributed by atoms with Gasteiger partial charge in [-0.3, -0.25) is 0 Å². The number of hydrogen-bond acceptors (Lipinski definition) is 3. The molecule has 1 aromatic carbocycles. The van der Waals surface area contributed by atoms with E-state index in [0.717, 1.165) is 32.8 Å². The Labute approximate surface area is 106 Å².